The van der Waals surface area contributed by atoms with Crippen LogP contribution in [0.4, 0.5) is 0 Å². The Labute approximate surface area is 295 Å². The minimum Gasteiger partial charge on any atom is -0.366 e. The van der Waals surface area contributed by atoms with E-state index in [1.54, 1.807) is 12.1 Å². The van der Waals surface area contributed by atoms with Crippen LogP contribution < -0.4 is 5.73 Å². The number of hydrogen-bond acceptors (Lipinski definition) is 3. The number of nitrogens with two attached hydrogens (primary N) is 1. The number of H-pyrrole nitrogens is 2. The molecule has 51 heavy (non-hydrogen) atoms. The van der Waals surface area contributed by atoms with Gasteiger partial charge in [0.2, 0.25) is 5.91 Å². The first-order valence-corrected chi connectivity index (χ1v) is 17.1. The summed E-state index contributed by atoms with van der Waals surface area (Å²) < 4.78 is 0. The van der Waals surface area contributed by atoms with Gasteiger partial charge in [0.25, 0.3) is 0 Å². The highest BCUT2D eigenvalue weighted by molar-refractivity contribution is 5.98. The predicted octanol–water partition coefficient (Wildman–Crippen LogP) is 10.0. The van der Waals surface area contributed by atoms with Crippen molar-refractivity contribution in [2.75, 3.05) is 0 Å². The Morgan fingerprint density at radius 3 is 1.24 bits per heavy atom. The monoisotopic (exact) mass is 659 g/mol. The lowest BCUT2D eigenvalue weighted by atomic mass is 10.0. The Kier molecular flexibility index (Phi) is 7.47. The minimum absolute atomic E-state index is 0.454. The SMILES string of the molecule is NC(=O)c1ccc(-c2c3nc(c(-c4ccccc4)c4ccc([nH]4)c(-c4ccccc4)c4nc(c(-c5ccccc5)c5ccc2[nH]5)CC4)C=C3)cc1. The van der Waals surface area contributed by atoms with Crippen molar-refractivity contribution in [1.82, 2.24) is 19.9 Å². The van der Waals surface area contributed by atoms with E-state index in [1.165, 1.54) is 0 Å². The van der Waals surface area contributed by atoms with Crippen LogP contribution in [0.25, 0.3) is 78.7 Å². The zero-order valence-corrected chi connectivity index (χ0v) is 27.7. The van der Waals surface area contributed by atoms with E-state index >= 15 is 0 Å². The third kappa shape index (κ3) is 5.53. The Hall–Kier alpha value is -6.79. The highest BCUT2D eigenvalue weighted by Gasteiger charge is 2.21. The molecule has 7 aromatic rings. The first-order valence-electron chi connectivity index (χ1n) is 17.1. The Morgan fingerprint density at radius 2 is 0.824 bits per heavy atom. The minimum atomic E-state index is -0.462. The molecule has 3 aromatic heterocycles. The van der Waals surface area contributed by atoms with E-state index in [0.717, 1.165) is 102 Å². The summed E-state index contributed by atoms with van der Waals surface area (Å²) in [5.74, 6) is -0.462. The second-order valence-corrected chi connectivity index (χ2v) is 12.8. The van der Waals surface area contributed by atoms with E-state index in [2.05, 4.69) is 125 Å². The molecule has 5 heterocycles. The van der Waals surface area contributed by atoms with E-state index in [4.69, 9.17) is 15.7 Å². The van der Waals surface area contributed by atoms with E-state index in [-0.39, 0.29) is 0 Å². The van der Waals surface area contributed by atoms with Gasteiger partial charge in [-0.2, -0.15) is 0 Å². The van der Waals surface area contributed by atoms with Crippen LogP contribution in [-0.2, 0) is 12.8 Å². The molecule has 0 spiro atoms. The number of aryl methyl sites for hydroxylation is 2. The third-order valence-corrected chi connectivity index (χ3v) is 9.69. The molecule has 0 radical (unpaired) electrons. The average Bonchev–Trinajstić information content (AvgIpc) is 4.01. The van der Waals surface area contributed by atoms with Gasteiger partial charge in [-0.1, -0.05) is 103 Å². The van der Waals surface area contributed by atoms with Gasteiger partial charge in [-0.15, -0.1) is 0 Å². The number of aromatic amines is 2. The number of benzene rings is 4. The maximum absolute atomic E-state index is 12.0. The van der Waals surface area contributed by atoms with Gasteiger partial charge in [0, 0.05) is 49.9 Å². The second kappa shape index (κ2) is 12.6. The van der Waals surface area contributed by atoms with Crippen molar-refractivity contribution >= 4 is 40.1 Å². The molecule has 244 valence electrons. The van der Waals surface area contributed by atoms with Crippen molar-refractivity contribution in [1.29, 1.82) is 0 Å². The molecular formula is C45H33N5O. The molecule has 4 aromatic carbocycles. The standard InChI is InChI=1S/C45H33N5O/c46-45(51)32-18-16-31(17-19-32)44-39-26-24-37(49-39)42(29-12-6-2-7-13-29)35-22-20-33(47-35)41(28-10-4-1-5-11-28)34-21-23-36(48-34)43(30-14-8-3-9-15-30)38-25-27-40(44)50-38/h1-20,22,24-27,47,50H,21,23H2,(H2,46,51). The Balaban J connectivity index is 1.46. The van der Waals surface area contributed by atoms with Crippen LogP contribution in [-0.4, -0.2) is 25.8 Å². The van der Waals surface area contributed by atoms with E-state index in [1.807, 2.05) is 24.3 Å². The number of carbonyl (C=O) groups is 1. The van der Waals surface area contributed by atoms with Crippen molar-refractivity contribution in [3.63, 3.8) is 0 Å². The maximum atomic E-state index is 12.0. The number of fused-ring (bicyclic) bond motifs is 8. The van der Waals surface area contributed by atoms with E-state index in [9.17, 15) is 4.79 Å². The number of rotatable bonds is 5. The normalized spacial score (nSPS) is 12.2. The second-order valence-electron chi connectivity index (χ2n) is 12.8. The number of nitrogens with zero attached hydrogens (tertiary/aromatic N) is 2. The van der Waals surface area contributed by atoms with E-state index < -0.39 is 5.91 Å². The highest BCUT2D eigenvalue weighted by atomic mass is 16.1. The maximum Gasteiger partial charge on any atom is 0.248 e. The lowest BCUT2D eigenvalue weighted by Crippen LogP contribution is -2.10. The summed E-state index contributed by atoms with van der Waals surface area (Å²) >= 11 is 0. The van der Waals surface area contributed by atoms with Gasteiger partial charge in [0.15, 0.2) is 0 Å². The number of carbonyl (C=O) groups excluding carboxylic acids is 1. The summed E-state index contributed by atoms with van der Waals surface area (Å²) in [7, 11) is 0. The van der Waals surface area contributed by atoms with Crippen molar-refractivity contribution in [2.24, 2.45) is 5.73 Å². The van der Waals surface area contributed by atoms with Crippen LogP contribution in [0.15, 0.2) is 140 Å². The fourth-order valence-corrected chi connectivity index (χ4v) is 7.34. The van der Waals surface area contributed by atoms with Gasteiger partial charge in [0.05, 0.1) is 22.8 Å². The molecule has 0 saturated carbocycles. The molecule has 0 atom stereocenters. The third-order valence-electron chi connectivity index (χ3n) is 9.69. The largest absolute Gasteiger partial charge is 0.366 e. The summed E-state index contributed by atoms with van der Waals surface area (Å²) in [5.41, 5.74) is 22.0. The lowest BCUT2D eigenvalue weighted by molar-refractivity contribution is 0.100. The summed E-state index contributed by atoms with van der Waals surface area (Å²) in [6.45, 7) is 0. The average molecular weight is 660 g/mol. The Morgan fingerprint density at radius 1 is 0.451 bits per heavy atom. The molecular weight excluding hydrogens is 627 g/mol. The van der Waals surface area contributed by atoms with Gasteiger partial charge in [-0.3, -0.25) is 9.78 Å². The molecule has 2 aliphatic heterocycles. The molecule has 2 aliphatic rings. The number of aromatic nitrogens is 4. The first-order chi connectivity index (χ1) is 25.1. The number of nitrogens with one attached hydrogen (secondary N) is 2. The van der Waals surface area contributed by atoms with Crippen LogP contribution in [0.5, 0.6) is 0 Å². The molecule has 6 heteroatoms. The van der Waals surface area contributed by atoms with Crippen molar-refractivity contribution in [3.8, 4) is 44.5 Å². The van der Waals surface area contributed by atoms with Gasteiger partial charge < -0.3 is 15.7 Å². The molecule has 0 fully saturated rings. The van der Waals surface area contributed by atoms with Crippen LogP contribution in [0, 0.1) is 0 Å². The van der Waals surface area contributed by atoms with Gasteiger partial charge in [0.1, 0.15) is 0 Å². The number of amides is 1. The van der Waals surface area contributed by atoms with Crippen molar-refractivity contribution in [3.05, 3.63) is 168 Å². The molecule has 4 N–H and O–H groups in total. The number of hydrogen-bond donors (Lipinski definition) is 3. The van der Waals surface area contributed by atoms with Gasteiger partial charge in [-0.05, 0) is 83.6 Å². The van der Waals surface area contributed by atoms with Crippen molar-refractivity contribution < 1.29 is 4.79 Å². The smallest absolute Gasteiger partial charge is 0.248 e. The summed E-state index contributed by atoms with van der Waals surface area (Å²) in [6.07, 6.45) is 5.77. The van der Waals surface area contributed by atoms with Crippen LogP contribution in [0.3, 0.4) is 0 Å². The quantitative estimate of drug-likeness (QED) is 0.171. The van der Waals surface area contributed by atoms with Gasteiger partial charge >= 0.3 is 0 Å². The van der Waals surface area contributed by atoms with Gasteiger partial charge in [-0.25, -0.2) is 4.98 Å². The summed E-state index contributed by atoms with van der Waals surface area (Å²) in [4.78, 5) is 30.3. The molecule has 0 aliphatic carbocycles. The van der Waals surface area contributed by atoms with Crippen molar-refractivity contribution in [2.45, 2.75) is 12.8 Å². The predicted molar refractivity (Wildman–Crippen MR) is 208 cm³/mol. The molecule has 8 bridgehead atoms. The van der Waals surface area contributed by atoms with E-state index in [0.29, 0.717) is 5.56 Å². The Bertz CT molecular complexity index is 2640. The molecule has 0 saturated heterocycles. The van der Waals surface area contributed by atoms with Crippen LogP contribution in [0.2, 0.25) is 0 Å². The zero-order valence-electron chi connectivity index (χ0n) is 27.7. The molecule has 0 unspecified atom stereocenters. The zero-order chi connectivity index (χ0) is 34.3. The fourth-order valence-electron chi connectivity index (χ4n) is 7.34. The van der Waals surface area contributed by atoms with Crippen LogP contribution >= 0.6 is 0 Å². The molecule has 9 rings (SSSR count). The number of primary amides is 1. The lowest BCUT2D eigenvalue weighted by Gasteiger charge is -2.07. The highest BCUT2D eigenvalue weighted by Crippen LogP contribution is 2.38. The molecule has 1 amide bonds. The first kappa shape index (κ1) is 30.3. The summed E-state index contributed by atoms with van der Waals surface area (Å²) in [5, 5.41) is 0. The molecule has 6 nitrogen and oxygen atoms in total. The van der Waals surface area contributed by atoms with Crippen LogP contribution in [0.1, 0.15) is 33.1 Å². The topological polar surface area (TPSA) is 100 Å². The fraction of sp³-hybridized carbons (Fsp3) is 0.0444. The summed E-state index contributed by atoms with van der Waals surface area (Å²) in [6, 6.07) is 47.4.